The van der Waals surface area contributed by atoms with Gasteiger partial charge in [-0.25, -0.2) is 15.0 Å². The molecule has 2 aromatic heterocycles. The number of rotatable bonds is 5. The molecule has 0 aromatic carbocycles. The van der Waals surface area contributed by atoms with E-state index in [4.69, 9.17) is 10.1 Å². The molecular formula is C17H25N5OS. The summed E-state index contributed by atoms with van der Waals surface area (Å²) in [5.41, 5.74) is 2.02. The van der Waals surface area contributed by atoms with Gasteiger partial charge in [-0.3, -0.25) is 0 Å². The van der Waals surface area contributed by atoms with Gasteiger partial charge in [-0.15, -0.1) is 11.3 Å². The quantitative estimate of drug-likeness (QED) is 0.866. The topological polar surface area (TPSA) is 74.2 Å². The third-order valence-electron chi connectivity index (χ3n) is 4.42. The highest BCUT2D eigenvalue weighted by molar-refractivity contribution is 7.15. The predicted molar refractivity (Wildman–Crippen MR) is 97.1 cm³/mol. The van der Waals surface area contributed by atoms with Crippen molar-refractivity contribution < 1.29 is 5.11 Å². The number of hydrogen-bond donors (Lipinski definition) is 2. The van der Waals surface area contributed by atoms with E-state index in [2.05, 4.69) is 27.1 Å². The fourth-order valence-corrected chi connectivity index (χ4v) is 3.91. The Labute approximate surface area is 147 Å². The molecule has 24 heavy (non-hydrogen) atoms. The Morgan fingerprint density at radius 2 is 2.12 bits per heavy atom. The molecule has 1 fully saturated rings. The van der Waals surface area contributed by atoms with Crippen molar-refractivity contribution in [3.05, 3.63) is 28.2 Å². The number of likely N-dealkylation sites (tertiary alicyclic amines) is 1. The summed E-state index contributed by atoms with van der Waals surface area (Å²) in [6.45, 7) is 8.99. The Balaban J connectivity index is 1.78. The first kappa shape index (κ1) is 17.3. The normalized spacial score (nSPS) is 18.8. The second-order valence-electron chi connectivity index (χ2n) is 6.40. The minimum atomic E-state index is 0.205. The van der Waals surface area contributed by atoms with Crippen LogP contribution in [0.1, 0.15) is 40.8 Å². The van der Waals surface area contributed by atoms with Crippen LogP contribution in [0.4, 0.5) is 10.9 Å². The lowest BCUT2D eigenvalue weighted by molar-refractivity contribution is 0.159. The molecule has 2 N–H and O–H groups in total. The number of nitrogens with one attached hydrogen (secondary N) is 1. The zero-order valence-corrected chi connectivity index (χ0v) is 15.4. The van der Waals surface area contributed by atoms with E-state index < -0.39 is 0 Å². The van der Waals surface area contributed by atoms with E-state index >= 15 is 0 Å². The molecule has 0 saturated carbocycles. The highest BCUT2D eigenvalue weighted by atomic mass is 32.1. The number of piperidine rings is 1. The molecule has 0 aliphatic carbocycles. The Bertz CT molecular complexity index is 681. The highest BCUT2D eigenvalue weighted by Gasteiger charge is 2.23. The zero-order valence-electron chi connectivity index (χ0n) is 14.5. The van der Waals surface area contributed by atoms with Crippen molar-refractivity contribution in [2.75, 3.05) is 31.6 Å². The van der Waals surface area contributed by atoms with Crippen LogP contribution in [0.5, 0.6) is 0 Å². The van der Waals surface area contributed by atoms with Crippen molar-refractivity contribution in [3.8, 4) is 0 Å². The van der Waals surface area contributed by atoms with Gasteiger partial charge >= 0.3 is 0 Å². The minimum absolute atomic E-state index is 0.205. The third-order valence-corrected chi connectivity index (χ3v) is 5.41. The molecule has 1 aliphatic heterocycles. The monoisotopic (exact) mass is 347 g/mol. The first-order valence-electron chi connectivity index (χ1n) is 8.45. The molecule has 0 bridgehead atoms. The lowest BCUT2D eigenvalue weighted by Crippen LogP contribution is -2.36. The number of anilines is 2. The van der Waals surface area contributed by atoms with E-state index in [9.17, 15) is 0 Å². The van der Waals surface area contributed by atoms with Crippen LogP contribution < -0.4 is 5.32 Å². The summed E-state index contributed by atoms with van der Waals surface area (Å²) in [6.07, 6.45) is 2.22. The van der Waals surface area contributed by atoms with Gasteiger partial charge in [0.2, 0.25) is 0 Å². The molecule has 2 aromatic rings. The van der Waals surface area contributed by atoms with Crippen molar-refractivity contribution in [1.82, 2.24) is 19.9 Å². The molecule has 7 heteroatoms. The van der Waals surface area contributed by atoms with Gasteiger partial charge in [0.25, 0.3) is 0 Å². The van der Waals surface area contributed by atoms with Crippen LogP contribution in [0, 0.1) is 20.8 Å². The Morgan fingerprint density at radius 1 is 1.29 bits per heavy atom. The lowest BCUT2D eigenvalue weighted by atomic mass is 9.97. The molecule has 130 valence electrons. The largest absolute Gasteiger partial charge is 0.395 e. The molecule has 3 rings (SSSR count). The van der Waals surface area contributed by atoms with Crippen LogP contribution in [0.3, 0.4) is 0 Å². The van der Waals surface area contributed by atoms with E-state index in [1.165, 1.54) is 4.88 Å². The van der Waals surface area contributed by atoms with Gasteiger partial charge in [-0.2, -0.15) is 0 Å². The fraction of sp³-hybridized carbons (Fsp3) is 0.588. The van der Waals surface area contributed by atoms with E-state index in [1.807, 2.05) is 19.9 Å². The number of β-amino-alcohol motifs (C(OH)–C–C–N with tert-alkyl or cyclic N) is 1. The van der Waals surface area contributed by atoms with Crippen LogP contribution in [-0.4, -0.2) is 51.2 Å². The number of aryl methyl sites for hydroxylation is 3. The number of aliphatic hydroxyl groups is 1. The second kappa shape index (κ2) is 7.55. The lowest BCUT2D eigenvalue weighted by Gasteiger charge is -2.31. The van der Waals surface area contributed by atoms with Gasteiger partial charge in [0, 0.05) is 35.6 Å². The number of nitrogens with zero attached hydrogens (tertiary/aromatic N) is 4. The smallest absolute Gasteiger partial charge is 0.188 e. The number of hydrogen-bond acceptors (Lipinski definition) is 7. The number of aromatic nitrogens is 3. The number of thiazole rings is 1. The summed E-state index contributed by atoms with van der Waals surface area (Å²) in [7, 11) is 0. The summed E-state index contributed by atoms with van der Waals surface area (Å²) in [5.74, 6) is 2.03. The molecular weight excluding hydrogens is 322 g/mol. The van der Waals surface area contributed by atoms with E-state index in [0.717, 1.165) is 60.6 Å². The van der Waals surface area contributed by atoms with Crippen LogP contribution in [0.25, 0.3) is 0 Å². The average Bonchev–Trinajstić information content (AvgIpc) is 2.85. The van der Waals surface area contributed by atoms with Gasteiger partial charge in [0.1, 0.15) is 11.6 Å². The minimum Gasteiger partial charge on any atom is -0.395 e. The molecule has 1 aliphatic rings. The molecule has 0 spiro atoms. The van der Waals surface area contributed by atoms with Crippen LogP contribution in [0.2, 0.25) is 0 Å². The molecule has 0 radical (unpaired) electrons. The summed E-state index contributed by atoms with van der Waals surface area (Å²) in [6, 6.07) is 1.96. The Morgan fingerprint density at radius 3 is 2.83 bits per heavy atom. The van der Waals surface area contributed by atoms with Crippen molar-refractivity contribution in [3.63, 3.8) is 0 Å². The van der Waals surface area contributed by atoms with E-state index in [-0.39, 0.29) is 6.61 Å². The zero-order chi connectivity index (χ0) is 17.1. The van der Waals surface area contributed by atoms with Gasteiger partial charge in [0.15, 0.2) is 5.13 Å². The maximum Gasteiger partial charge on any atom is 0.188 e. The second-order valence-corrected chi connectivity index (χ2v) is 7.60. The standard InChI is InChI=1S/C17H25N5OS/c1-11-9-15(21-17-19-12(2)13(3)24-17)20-16(18-11)14-5-4-6-22(10-14)7-8-23/h9,14,23H,4-8,10H2,1-3H3,(H,18,19,20,21). The highest BCUT2D eigenvalue weighted by Crippen LogP contribution is 2.28. The van der Waals surface area contributed by atoms with Gasteiger partial charge in [-0.1, -0.05) is 0 Å². The van der Waals surface area contributed by atoms with Crippen molar-refractivity contribution in [1.29, 1.82) is 0 Å². The predicted octanol–water partition coefficient (Wildman–Crippen LogP) is 2.77. The van der Waals surface area contributed by atoms with Crippen LogP contribution in [0.15, 0.2) is 6.07 Å². The van der Waals surface area contributed by atoms with Gasteiger partial charge < -0.3 is 15.3 Å². The van der Waals surface area contributed by atoms with E-state index in [0.29, 0.717) is 5.92 Å². The third kappa shape index (κ3) is 4.09. The molecule has 1 saturated heterocycles. The van der Waals surface area contributed by atoms with Crippen LogP contribution in [-0.2, 0) is 0 Å². The average molecular weight is 347 g/mol. The Hall–Kier alpha value is -1.57. The summed E-state index contributed by atoms with van der Waals surface area (Å²) >= 11 is 1.64. The molecule has 3 heterocycles. The van der Waals surface area contributed by atoms with Crippen LogP contribution >= 0.6 is 11.3 Å². The van der Waals surface area contributed by atoms with Crippen molar-refractivity contribution in [2.45, 2.75) is 39.5 Å². The maximum atomic E-state index is 9.16. The summed E-state index contributed by atoms with van der Waals surface area (Å²) in [4.78, 5) is 17.4. The molecule has 0 amide bonds. The van der Waals surface area contributed by atoms with Crippen molar-refractivity contribution >= 4 is 22.3 Å². The first-order chi connectivity index (χ1) is 11.5. The van der Waals surface area contributed by atoms with Gasteiger partial charge in [-0.05, 0) is 40.2 Å². The molecule has 1 unspecified atom stereocenters. The maximum absolute atomic E-state index is 9.16. The fourth-order valence-electron chi connectivity index (χ4n) is 3.08. The summed E-state index contributed by atoms with van der Waals surface area (Å²) in [5, 5.41) is 13.4. The molecule has 1 atom stereocenters. The first-order valence-corrected chi connectivity index (χ1v) is 9.26. The Kier molecular flexibility index (Phi) is 5.43. The van der Waals surface area contributed by atoms with E-state index in [1.54, 1.807) is 11.3 Å². The van der Waals surface area contributed by atoms with Gasteiger partial charge in [0.05, 0.1) is 12.3 Å². The SMILES string of the molecule is Cc1cc(Nc2nc(C)c(C)s2)nc(C2CCCN(CCO)C2)n1. The summed E-state index contributed by atoms with van der Waals surface area (Å²) < 4.78 is 0. The van der Waals surface area contributed by atoms with Crippen molar-refractivity contribution in [2.24, 2.45) is 0 Å². The molecule has 6 nitrogen and oxygen atoms in total. The number of aliphatic hydroxyl groups excluding tert-OH is 1.